The predicted molar refractivity (Wildman–Crippen MR) is 112 cm³/mol. The zero-order chi connectivity index (χ0) is 20.9. The zero-order valence-electron chi connectivity index (χ0n) is 18.7. The maximum atomic E-state index is 13.9. The minimum Gasteiger partial charge on any atom is -0.377 e. The molecule has 8 heteroatoms. The second-order valence-electron chi connectivity index (χ2n) is 10.6. The molecule has 30 heavy (non-hydrogen) atoms. The minimum atomic E-state index is -0.214. The molecule has 0 aromatic carbocycles. The molecule has 1 aromatic heterocycles. The number of aromatic nitrogens is 4. The Labute approximate surface area is 179 Å². The van der Waals surface area contributed by atoms with Gasteiger partial charge in [0.1, 0.15) is 0 Å². The van der Waals surface area contributed by atoms with E-state index in [0.29, 0.717) is 17.7 Å². The highest BCUT2D eigenvalue weighted by Crippen LogP contribution is 2.64. The first-order valence-electron chi connectivity index (χ1n) is 11.8. The van der Waals surface area contributed by atoms with E-state index in [0.717, 1.165) is 77.3 Å². The second kappa shape index (κ2) is 7.55. The van der Waals surface area contributed by atoms with E-state index in [1.165, 1.54) is 6.42 Å². The van der Waals surface area contributed by atoms with Crippen molar-refractivity contribution < 1.29 is 9.53 Å². The van der Waals surface area contributed by atoms with Crippen LogP contribution in [0.2, 0.25) is 0 Å². The summed E-state index contributed by atoms with van der Waals surface area (Å²) < 4.78 is 5.70. The fourth-order valence-corrected chi connectivity index (χ4v) is 7.11. The van der Waals surface area contributed by atoms with E-state index >= 15 is 0 Å². The van der Waals surface area contributed by atoms with Gasteiger partial charge in [-0.05, 0) is 76.3 Å². The third-order valence-electron chi connectivity index (χ3n) is 7.94. The Morgan fingerprint density at radius 3 is 2.43 bits per heavy atom. The van der Waals surface area contributed by atoms with E-state index in [-0.39, 0.29) is 17.1 Å². The number of carbonyl (C=O) groups is 1. The second-order valence-corrected chi connectivity index (χ2v) is 10.6. The van der Waals surface area contributed by atoms with Gasteiger partial charge in [0.05, 0.1) is 23.7 Å². The Balaban J connectivity index is 1.27. The molecule has 4 bridgehead atoms. The summed E-state index contributed by atoms with van der Waals surface area (Å²) in [5.41, 5.74) is -0.314. The molecule has 5 aliphatic rings. The SMILES string of the molecule is Cc1nnn(C23C[C@H]4C[C@@H](CC(C(=O)N5CCN(CCOC(C)C)CC5)(C4)C2)C3)n1. The molecule has 1 amide bonds. The molecule has 1 aromatic rings. The predicted octanol–water partition coefficient (Wildman–Crippen LogP) is 1.85. The number of ether oxygens (including phenoxy) is 1. The molecule has 1 aliphatic heterocycles. The molecule has 0 radical (unpaired) electrons. The molecule has 1 saturated heterocycles. The normalized spacial score (nSPS) is 36.1. The molecule has 2 atom stereocenters. The molecule has 4 saturated carbocycles. The molecule has 5 fully saturated rings. The maximum Gasteiger partial charge on any atom is 0.228 e. The van der Waals surface area contributed by atoms with Gasteiger partial charge in [-0.15, -0.1) is 10.2 Å². The van der Waals surface area contributed by atoms with E-state index < -0.39 is 0 Å². The molecule has 166 valence electrons. The highest BCUT2D eigenvalue weighted by molar-refractivity contribution is 5.83. The summed E-state index contributed by atoms with van der Waals surface area (Å²) in [6.45, 7) is 11.3. The summed E-state index contributed by atoms with van der Waals surface area (Å²) in [4.78, 5) is 20.3. The van der Waals surface area contributed by atoms with Crippen molar-refractivity contribution in [3.8, 4) is 0 Å². The van der Waals surface area contributed by atoms with Gasteiger partial charge in [0, 0.05) is 32.7 Å². The average molecular weight is 417 g/mol. The van der Waals surface area contributed by atoms with Crippen LogP contribution in [0, 0.1) is 24.2 Å². The zero-order valence-corrected chi connectivity index (χ0v) is 18.7. The van der Waals surface area contributed by atoms with Gasteiger partial charge in [-0.1, -0.05) is 0 Å². The lowest BCUT2D eigenvalue weighted by molar-refractivity contribution is -0.169. The third-order valence-corrected chi connectivity index (χ3v) is 7.94. The topological polar surface area (TPSA) is 76.4 Å². The van der Waals surface area contributed by atoms with Gasteiger partial charge < -0.3 is 9.64 Å². The van der Waals surface area contributed by atoms with Crippen LogP contribution in [0.25, 0.3) is 0 Å². The number of tetrazole rings is 1. The van der Waals surface area contributed by atoms with Gasteiger partial charge in [-0.2, -0.15) is 4.80 Å². The molecule has 0 N–H and O–H groups in total. The first-order valence-corrected chi connectivity index (χ1v) is 11.8. The van der Waals surface area contributed by atoms with Crippen molar-refractivity contribution in [3.05, 3.63) is 5.82 Å². The smallest absolute Gasteiger partial charge is 0.228 e. The Kier molecular flexibility index (Phi) is 5.13. The van der Waals surface area contributed by atoms with Gasteiger partial charge in [-0.25, -0.2) is 0 Å². The Bertz CT molecular complexity index is 770. The lowest BCUT2D eigenvalue weighted by Crippen LogP contribution is -2.63. The van der Waals surface area contributed by atoms with E-state index in [1.807, 2.05) is 11.7 Å². The maximum absolute atomic E-state index is 13.9. The highest BCUT2D eigenvalue weighted by Gasteiger charge is 2.63. The number of aryl methyl sites for hydroxylation is 1. The van der Waals surface area contributed by atoms with Crippen molar-refractivity contribution in [2.75, 3.05) is 39.3 Å². The van der Waals surface area contributed by atoms with Crippen LogP contribution in [-0.4, -0.2) is 81.3 Å². The number of hydrogen-bond donors (Lipinski definition) is 0. The molecule has 2 heterocycles. The van der Waals surface area contributed by atoms with Crippen LogP contribution in [0.15, 0.2) is 0 Å². The van der Waals surface area contributed by atoms with E-state index in [9.17, 15) is 4.79 Å². The van der Waals surface area contributed by atoms with E-state index in [2.05, 4.69) is 39.1 Å². The number of carbonyl (C=O) groups excluding carboxylic acids is 1. The highest BCUT2D eigenvalue weighted by atomic mass is 16.5. The lowest BCUT2D eigenvalue weighted by Gasteiger charge is -2.61. The quantitative estimate of drug-likeness (QED) is 0.704. The van der Waals surface area contributed by atoms with Crippen LogP contribution < -0.4 is 0 Å². The summed E-state index contributed by atoms with van der Waals surface area (Å²) in [6, 6.07) is 0. The van der Waals surface area contributed by atoms with Crippen molar-refractivity contribution >= 4 is 5.91 Å². The summed E-state index contributed by atoms with van der Waals surface area (Å²) in [5, 5.41) is 13.1. The van der Waals surface area contributed by atoms with Crippen molar-refractivity contribution in [1.82, 2.24) is 30.0 Å². The first kappa shape index (κ1) is 20.4. The summed E-state index contributed by atoms with van der Waals surface area (Å²) in [7, 11) is 0. The van der Waals surface area contributed by atoms with Gasteiger partial charge in [0.25, 0.3) is 0 Å². The summed E-state index contributed by atoms with van der Waals surface area (Å²) in [6.07, 6.45) is 6.77. The van der Waals surface area contributed by atoms with Gasteiger partial charge in [0.2, 0.25) is 5.91 Å². The molecule has 4 aliphatic carbocycles. The van der Waals surface area contributed by atoms with Crippen LogP contribution >= 0.6 is 0 Å². The monoisotopic (exact) mass is 416 g/mol. The van der Waals surface area contributed by atoms with Gasteiger partial charge in [0.15, 0.2) is 5.82 Å². The van der Waals surface area contributed by atoms with Gasteiger partial charge >= 0.3 is 0 Å². The average Bonchev–Trinajstić information content (AvgIpc) is 3.14. The minimum absolute atomic E-state index is 0.100. The van der Waals surface area contributed by atoms with E-state index in [4.69, 9.17) is 4.74 Å². The molecule has 0 unspecified atom stereocenters. The Morgan fingerprint density at radius 2 is 1.83 bits per heavy atom. The van der Waals surface area contributed by atoms with Crippen LogP contribution in [0.5, 0.6) is 0 Å². The van der Waals surface area contributed by atoms with Crippen LogP contribution in [0.1, 0.15) is 58.2 Å². The number of nitrogens with zero attached hydrogens (tertiary/aromatic N) is 6. The lowest BCUT2D eigenvalue weighted by atomic mass is 9.46. The number of amides is 1. The standard InChI is InChI=1S/C22H36N6O2/c1-16(2)30-9-8-26-4-6-27(7-5-26)20(29)21-11-18-10-19(12-21)14-22(13-18,15-21)28-24-17(3)23-25-28/h16,18-19H,4-15H2,1-3H3/t18-,19-,21?,22?/m0/s1. The molecular formula is C22H36N6O2. The Hall–Kier alpha value is -1.54. The van der Waals surface area contributed by atoms with Crippen LogP contribution in [0.3, 0.4) is 0 Å². The van der Waals surface area contributed by atoms with Crippen LogP contribution in [0.4, 0.5) is 0 Å². The largest absolute Gasteiger partial charge is 0.377 e. The molecular weight excluding hydrogens is 380 g/mol. The number of rotatable bonds is 6. The van der Waals surface area contributed by atoms with Crippen molar-refractivity contribution in [2.45, 2.75) is 70.9 Å². The number of hydrogen-bond acceptors (Lipinski definition) is 6. The van der Waals surface area contributed by atoms with Crippen LogP contribution in [-0.2, 0) is 15.1 Å². The molecule has 0 spiro atoms. The summed E-state index contributed by atoms with van der Waals surface area (Å²) >= 11 is 0. The Morgan fingerprint density at radius 1 is 1.13 bits per heavy atom. The van der Waals surface area contributed by atoms with Gasteiger partial charge in [-0.3, -0.25) is 9.69 Å². The third kappa shape index (κ3) is 3.55. The fourth-order valence-electron chi connectivity index (χ4n) is 7.11. The fraction of sp³-hybridized carbons (Fsp3) is 0.909. The molecule has 6 rings (SSSR count). The van der Waals surface area contributed by atoms with Crippen molar-refractivity contribution in [3.63, 3.8) is 0 Å². The molecule has 8 nitrogen and oxygen atoms in total. The number of piperazine rings is 1. The van der Waals surface area contributed by atoms with E-state index in [1.54, 1.807) is 0 Å². The summed E-state index contributed by atoms with van der Waals surface area (Å²) in [5.74, 6) is 2.37. The first-order chi connectivity index (χ1) is 14.4. The van der Waals surface area contributed by atoms with Crippen molar-refractivity contribution in [1.29, 1.82) is 0 Å². The van der Waals surface area contributed by atoms with Crippen molar-refractivity contribution in [2.24, 2.45) is 17.3 Å².